The molecule has 0 aromatic carbocycles. The van der Waals surface area contributed by atoms with Gasteiger partial charge < -0.3 is 15.4 Å². The van der Waals surface area contributed by atoms with Crippen LogP contribution in [0.1, 0.15) is 25.7 Å². The van der Waals surface area contributed by atoms with E-state index in [1.54, 1.807) is 0 Å². The van der Waals surface area contributed by atoms with Gasteiger partial charge in [-0.25, -0.2) is 4.79 Å². The largest absolute Gasteiger partial charge is 0.453 e. The molecule has 1 saturated carbocycles. The van der Waals surface area contributed by atoms with Crippen LogP contribution in [0.4, 0.5) is 4.79 Å². The molecule has 1 heterocycles. The van der Waals surface area contributed by atoms with E-state index in [0.29, 0.717) is 12.0 Å². The van der Waals surface area contributed by atoms with Crippen molar-refractivity contribution in [1.29, 1.82) is 0 Å². The van der Waals surface area contributed by atoms with Crippen LogP contribution in [0.25, 0.3) is 0 Å². The molecular weight excluding hydrogens is 192 g/mol. The van der Waals surface area contributed by atoms with Crippen LogP contribution >= 0.6 is 0 Å². The number of nitrogens with two attached hydrogens (primary N) is 1. The SMILES string of the molecule is COC(=O)N1CCC1C(CCN)C1CC1. The second-order valence-electron chi connectivity index (χ2n) is 4.60. The van der Waals surface area contributed by atoms with Crippen molar-refractivity contribution in [1.82, 2.24) is 4.90 Å². The van der Waals surface area contributed by atoms with Crippen LogP contribution < -0.4 is 5.73 Å². The van der Waals surface area contributed by atoms with Crippen LogP contribution in [-0.2, 0) is 4.74 Å². The van der Waals surface area contributed by atoms with Crippen molar-refractivity contribution in [2.45, 2.75) is 31.7 Å². The number of amides is 1. The average Bonchev–Trinajstić information content (AvgIpc) is 2.98. The minimum atomic E-state index is -0.172. The monoisotopic (exact) mass is 212 g/mol. The van der Waals surface area contributed by atoms with E-state index in [0.717, 1.165) is 31.8 Å². The molecule has 86 valence electrons. The molecular formula is C11H20N2O2. The zero-order valence-electron chi connectivity index (χ0n) is 9.32. The summed E-state index contributed by atoms with van der Waals surface area (Å²) in [7, 11) is 1.45. The Labute approximate surface area is 90.8 Å². The summed E-state index contributed by atoms with van der Waals surface area (Å²) < 4.78 is 4.77. The fourth-order valence-electron chi connectivity index (χ4n) is 2.66. The molecule has 4 nitrogen and oxygen atoms in total. The van der Waals surface area contributed by atoms with Gasteiger partial charge in [0.2, 0.25) is 0 Å². The highest BCUT2D eigenvalue weighted by atomic mass is 16.5. The van der Waals surface area contributed by atoms with E-state index in [-0.39, 0.29) is 6.09 Å². The van der Waals surface area contributed by atoms with Gasteiger partial charge in [-0.1, -0.05) is 0 Å². The number of rotatable bonds is 4. The van der Waals surface area contributed by atoms with Crippen molar-refractivity contribution < 1.29 is 9.53 Å². The highest BCUT2D eigenvalue weighted by Crippen LogP contribution is 2.44. The van der Waals surface area contributed by atoms with Gasteiger partial charge in [0.25, 0.3) is 0 Å². The van der Waals surface area contributed by atoms with Crippen molar-refractivity contribution in [3.8, 4) is 0 Å². The van der Waals surface area contributed by atoms with Crippen molar-refractivity contribution in [2.24, 2.45) is 17.6 Å². The number of hydrogen-bond acceptors (Lipinski definition) is 3. The van der Waals surface area contributed by atoms with E-state index < -0.39 is 0 Å². The smallest absolute Gasteiger partial charge is 0.409 e. The van der Waals surface area contributed by atoms with Gasteiger partial charge in [0.1, 0.15) is 0 Å². The zero-order chi connectivity index (χ0) is 10.8. The van der Waals surface area contributed by atoms with Crippen LogP contribution in [0.3, 0.4) is 0 Å². The standard InChI is InChI=1S/C11H20N2O2/c1-15-11(14)13-7-5-10(13)9(4-6-12)8-2-3-8/h8-10H,2-7,12H2,1H3. The minimum absolute atomic E-state index is 0.172. The summed E-state index contributed by atoms with van der Waals surface area (Å²) in [6.07, 6.45) is 4.62. The maximum atomic E-state index is 11.4. The average molecular weight is 212 g/mol. The highest BCUT2D eigenvalue weighted by molar-refractivity contribution is 5.68. The Kier molecular flexibility index (Phi) is 3.14. The first kappa shape index (κ1) is 10.7. The molecule has 1 amide bonds. The molecule has 1 aliphatic carbocycles. The molecule has 2 unspecified atom stereocenters. The Morgan fingerprint density at radius 2 is 2.27 bits per heavy atom. The van der Waals surface area contributed by atoms with Crippen LogP contribution in [0, 0.1) is 11.8 Å². The fraction of sp³-hybridized carbons (Fsp3) is 0.909. The summed E-state index contributed by atoms with van der Waals surface area (Å²) >= 11 is 0. The lowest BCUT2D eigenvalue weighted by Gasteiger charge is -2.44. The zero-order valence-corrected chi connectivity index (χ0v) is 9.32. The molecule has 0 spiro atoms. The summed E-state index contributed by atoms with van der Waals surface area (Å²) in [6.45, 7) is 1.58. The normalized spacial score (nSPS) is 27.1. The molecule has 1 aliphatic heterocycles. The number of hydrogen-bond donors (Lipinski definition) is 1. The van der Waals surface area contributed by atoms with Gasteiger partial charge in [0.15, 0.2) is 0 Å². The van der Waals surface area contributed by atoms with Gasteiger partial charge >= 0.3 is 6.09 Å². The summed E-state index contributed by atoms with van der Waals surface area (Å²) in [5.41, 5.74) is 5.63. The quantitative estimate of drug-likeness (QED) is 0.762. The minimum Gasteiger partial charge on any atom is -0.453 e. The lowest BCUT2D eigenvalue weighted by molar-refractivity contribution is 0.0278. The summed E-state index contributed by atoms with van der Waals surface area (Å²) in [6, 6.07) is 0.397. The molecule has 2 rings (SSSR count). The Hall–Kier alpha value is -0.770. The molecule has 0 radical (unpaired) electrons. The molecule has 0 bridgehead atoms. The Morgan fingerprint density at radius 1 is 1.53 bits per heavy atom. The second-order valence-corrected chi connectivity index (χ2v) is 4.60. The van der Waals surface area contributed by atoms with Crippen molar-refractivity contribution in [3.63, 3.8) is 0 Å². The van der Waals surface area contributed by atoms with Crippen molar-refractivity contribution >= 4 is 6.09 Å². The number of carbonyl (C=O) groups is 1. The van der Waals surface area contributed by atoms with Gasteiger partial charge in [0.05, 0.1) is 7.11 Å². The third-order valence-corrected chi connectivity index (χ3v) is 3.70. The number of nitrogens with zero attached hydrogens (tertiary/aromatic N) is 1. The highest BCUT2D eigenvalue weighted by Gasteiger charge is 2.44. The van der Waals surface area contributed by atoms with E-state index in [9.17, 15) is 4.79 Å². The predicted molar refractivity (Wildman–Crippen MR) is 57.4 cm³/mol. The molecule has 15 heavy (non-hydrogen) atoms. The fourth-order valence-corrected chi connectivity index (χ4v) is 2.66. The molecule has 0 aromatic rings. The first-order valence-corrected chi connectivity index (χ1v) is 5.82. The van der Waals surface area contributed by atoms with Crippen LogP contribution in [0.2, 0.25) is 0 Å². The third kappa shape index (κ3) is 2.09. The lowest BCUT2D eigenvalue weighted by Crippen LogP contribution is -2.55. The molecule has 4 heteroatoms. The van der Waals surface area contributed by atoms with Crippen molar-refractivity contribution in [3.05, 3.63) is 0 Å². The topological polar surface area (TPSA) is 55.6 Å². The van der Waals surface area contributed by atoms with E-state index in [4.69, 9.17) is 10.5 Å². The van der Waals surface area contributed by atoms with Gasteiger partial charge in [0, 0.05) is 12.6 Å². The van der Waals surface area contributed by atoms with Crippen LogP contribution in [0.15, 0.2) is 0 Å². The molecule has 1 saturated heterocycles. The van der Waals surface area contributed by atoms with E-state index in [1.165, 1.54) is 20.0 Å². The molecule has 2 N–H and O–H groups in total. The molecule has 2 aliphatic rings. The van der Waals surface area contributed by atoms with Crippen molar-refractivity contribution in [2.75, 3.05) is 20.2 Å². The number of ether oxygens (including phenoxy) is 1. The number of carbonyl (C=O) groups excluding carboxylic acids is 1. The first-order chi connectivity index (χ1) is 7.27. The summed E-state index contributed by atoms with van der Waals surface area (Å²) in [5, 5.41) is 0. The Bertz CT molecular complexity index is 241. The van der Waals surface area contributed by atoms with Gasteiger partial charge in [-0.15, -0.1) is 0 Å². The van der Waals surface area contributed by atoms with Crippen LogP contribution in [-0.4, -0.2) is 37.2 Å². The second kappa shape index (κ2) is 4.39. The first-order valence-electron chi connectivity index (χ1n) is 5.82. The number of methoxy groups -OCH3 is 1. The van der Waals surface area contributed by atoms with E-state index >= 15 is 0 Å². The molecule has 2 atom stereocenters. The maximum Gasteiger partial charge on any atom is 0.409 e. The van der Waals surface area contributed by atoms with Gasteiger partial charge in [-0.05, 0) is 44.1 Å². The Balaban J connectivity index is 1.92. The maximum absolute atomic E-state index is 11.4. The summed E-state index contributed by atoms with van der Waals surface area (Å²) in [4.78, 5) is 13.3. The molecule has 2 fully saturated rings. The summed E-state index contributed by atoms with van der Waals surface area (Å²) in [5.74, 6) is 1.42. The third-order valence-electron chi connectivity index (χ3n) is 3.70. The molecule has 0 aromatic heterocycles. The van der Waals surface area contributed by atoms with Crippen LogP contribution in [0.5, 0.6) is 0 Å². The Morgan fingerprint density at radius 3 is 2.67 bits per heavy atom. The number of likely N-dealkylation sites (tertiary alicyclic amines) is 1. The van der Waals surface area contributed by atoms with Gasteiger partial charge in [-0.2, -0.15) is 0 Å². The van der Waals surface area contributed by atoms with E-state index in [2.05, 4.69) is 0 Å². The predicted octanol–water partition coefficient (Wildman–Crippen LogP) is 1.20. The van der Waals surface area contributed by atoms with Gasteiger partial charge in [-0.3, -0.25) is 0 Å². The van der Waals surface area contributed by atoms with E-state index in [1.807, 2.05) is 4.90 Å². The lowest BCUT2D eigenvalue weighted by atomic mass is 9.83.